The van der Waals surface area contributed by atoms with Crippen LogP contribution in [-0.4, -0.2) is 46.2 Å². The number of hydrogen-bond donors (Lipinski definition) is 0. The minimum Gasteiger partial charge on any atom is -0.457 e. The summed E-state index contributed by atoms with van der Waals surface area (Å²) < 4.78 is 6.97. The van der Waals surface area contributed by atoms with E-state index in [9.17, 15) is 19.2 Å². The Balaban J connectivity index is 1.50. The number of fused-ring (bicyclic) bond motifs is 1. The first-order valence-corrected chi connectivity index (χ1v) is 9.48. The number of aryl methyl sites for hydroxylation is 1. The van der Waals surface area contributed by atoms with Crippen LogP contribution in [0.2, 0.25) is 0 Å². The number of carbonyl (C=O) groups is 4. The molecule has 0 spiro atoms. The van der Waals surface area contributed by atoms with Crippen LogP contribution in [0.15, 0.2) is 6.07 Å². The molecule has 3 rings (SSSR count). The Morgan fingerprint density at radius 2 is 1.70 bits per heavy atom. The molecule has 146 valence electrons. The molecule has 27 heavy (non-hydrogen) atoms. The molecule has 2 heterocycles. The van der Waals surface area contributed by atoms with Crippen LogP contribution in [0.5, 0.6) is 0 Å². The molecule has 7 heteroatoms. The summed E-state index contributed by atoms with van der Waals surface area (Å²) in [5.41, 5.74) is 2.32. The second-order valence-corrected chi connectivity index (χ2v) is 7.50. The van der Waals surface area contributed by atoms with Crippen LogP contribution in [0.4, 0.5) is 0 Å². The first kappa shape index (κ1) is 19.3. The quantitative estimate of drug-likeness (QED) is 0.431. The third-order valence-electron chi connectivity index (χ3n) is 5.91. The second-order valence-electron chi connectivity index (χ2n) is 7.50. The molecule has 0 unspecified atom stereocenters. The van der Waals surface area contributed by atoms with Crippen LogP contribution in [0.25, 0.3) is 0 Å². The summed E-state index contributed by atoms with van der Waals surface area (Å²) in [6, 6.07) is 1.77. The van der Waals surface area contributed by atoms with E-state index in [-0.39, 0.29) is 49.0 Å². The number of Topliss-reactive ketones (excluding diaryl/α,β-unsaturated/α-hetero) is 1. The lowest BCUT2D eigenvalue weighted by Gasteiger charge is -2.19. The van der Waals surface area contributed by atoms with E-state index in [4.69, 9.17) is 4.74 Å². The molecule has 0 bridgehead atoms. The molecule has 0 N–H and O–H groups in total. The summed E-state index contributed by atoms with van der Waals surface area (Å²) in [6.45, 7) is 3.43. The normalized spacial score (nSPS) is 22.1. The van der Waals surface area contributed by atoms with Crippen LogP contribution in [-0.2, 0) is 26.2 Å². The van der Waals surface area contributed by atoms with E-state index in [1.54, 1.807) is 6.07 Å². The molecule has 1 aromatic heterocycles. The van der Waals surface area contributed by atoms with Gasteiger partial charge in [-0.2, -0.15) is 0 Å². The van der Waals surface area contributed by atoms with E-state index >= 15 is 0 Å². The van der Waals surface area contributed by atoms with Gasteiger partial charge >= 0.3 is 5.97 Å². The summed E-state index contributed by atoms with van der Waals surface area (Å²) in [7, 11) is 1.87. The molecule has 1 aliphatic heterocycles. The molecule has 1 saturated heterocycles. The van der Waals surface area contributed by atoms with Gasteiger partial charge in [0, 0.05) is 30.5 Å². The number of aromatic nitrogens is 1. The molecule has 2 aliphatic rings. The van der Waals surface area contributed by atoms with Crippen LogP contribution < -0.4 is 0 Å². The SMILES string of the molecule is Cc1cc(C(=O)COC(=O)CCN2C(=O)[C@@H]3CCCC[C@H]3C2=O)c(C)n1C. The Labute approximate surface area is 158 Å². The summed E-state index contributed by atoms with van der Waals surface area (Å²) in [5.74, 6) is -1.60. The highest BCUT2D eigenvalue weighted by Crippen LogP contribution is 2.37. The van der Waals surface area contributed by atoms with Gasteiger partial charge in [0.25, 0.3) is 0 Å². The third-order valence-corrected chi connectivity index (χ3v) is 5.91. The van der Waals surface area contributed by atoms with Crippen molar-refractivity contribution in [1.82, 2.24) is 9.47 Å². The maximum absolute atomic E-state index is 12.4. The largest absolute Gasteiger partial charge is 0.457 e. The number of amides is 2. The van der Waals surface area contributed by atoms with E-state index < -0.39 is 5.97 Å². The van der Waals surface area contributed by atoms with Crippen molar-refractivity contribution in [3.05, 3.63) is 23.0 Å². The fraction of sp³-hybridized carbons (Fsp3) is 0.600. The zero-order chi connectivity index (χ0) is 19.7. The van der Waals surface area contributed by atoms with Gasteiger partial charge in [0.2, 0.25) is 17.6 Å². The van der Waals surface area contributed by atoms with Crippen LogP contribution in [0, 0.1) is 25.7 Å². The minimum absolute atomic E-state index is 0.0289. The number of hydrogen-bond acceptors (Lipinski definition) is 5. The fourth-order valence-corrected chi connectivity index (χ4v) is 4.09. The van der Waals surface area contributed by atoms with Gasteiger partial charge in [-0.1, -0.05) is 12.8 Å². The molecule has 2 amide bonds. The molecule has 7 nitrogen and oxygen atoms in total. The van der Waals surface area contributed by atoms with Gasteiger partial charge in [-0.15, -0.1) is 0 Å². The Morgan fingerprint density at radius 1 is 1.11 bits per heavy atom. The first-order chi connectivity index (χ1) is 12.8. The Kier molecular flexibility index (Phi) is 5.48. The smallest absolute Gasteiger partial charge is 0.308 e. The van der Waals surface area contributed by atoms with Gasteiger partial charge in [-0.25, -0.2) is 0 Å². The molecule has 0 radical (unpaired) electrons. The van der Waals surface area contributed by atoms with Gasteiger partial charge in [0.15, 0.2) is 6.61 Å². The maximum Gasteiger partial charge on any atom is 0.308 e. The van der Waals surface area contributed by atoms with Crippen molar-refractivity contribution < 1.29 is 23.9 Å². The topological polar surface area (TPSA) is 85.7 Å². The van der Waals surface area contributed by atoms with E-state index in [0.717, 1.165) is 37.1 Å². The number of nitrogens with zero attached hydrogens (tertiary/aromatic N) is 2. The maximum atomic E-state index is 12.4. The molecule has 1 aliphatic carbocycles. The van der Waals surface area contributed by atoms with E-state index in [1.807, 2.05) is 25.5 Å². The highest BCUT2D eigenvalue weighted by molar-refractivity contribution is 6.05. The van der Waals surface area contributed by atoms with Crippen molar-refractivity contribution >= 4 is 23.6 Å². The van der Waals surface area contributed by atoms with Crippen molar-refractivity contribution in [1.29, 1.82) is 0 Å². The monoisotopic (exact) mass is 374 g/mol. The third kappa shape index (κ3) is 3.68. The number of ketones is 1. The number of imide groups is 1. The number of ether oxygens (including phenoxy) is 1. The summed E-state index contributed by atoms with van der Waals surface area (Å²) in [5, 5.41) is 0. The van der Waals surface area contributed by atoms with E-state index in [2.05, 4.69) is 0 Å². The average molecular weight is 374 g/mol. The number of likely N-dealkylation sites (tertiary alicyclic amines) is 1. The molecule has 2 atom stereocenters. The van der Waals surface area contributed by atoms with E-state index in [1.165, 1.54) is 4.90 Å². The number of carbonyl (C=O) groups excluding carboxylic acids is 4. The van der Waals surface area contributed by atoms with Crippen molar-refractivity contribution in [3.8, 4) is 0 Å². The fourth-order valence-electron chi connectivity index (χ4n) is 4.09. The standard InChI is InChI=1S/C20H26N2O5/c1-12-10-16(13(2)21(12)3)17(23)11-27-18(24)8-9-22-19(25)14-6-4-5-7-15(14)20(22)26/h10,14-15H,4-9,11H2,1-3H3/t14-,15-/m1/s1. The van der Waals surface area contributed by atoms with Crippen LogP contribution in [0.1, 0.15) is 53.8 Å². The molecular formula is C20H26N2O5. The van der Waals surface area contributed by atoms with Crippen molar-refractivity contribution in [2.24, 2.45) is 18.9 Å². The predicted molar refractivity (Wildman–Crippen MR) is 97.0 cm³/mol. The lowest BCUT2D eigenvalue weighted by Crippen LogP contribution is -2.33. The van der Waals surface area contributed by atoms with Crippen molar-refractivity contribution in [2.75, 3.05) is 13.2 Å². The Bertz CT molecular complexity index is 771. The van der Waals surface area contributed by atoms with Crippen LogP contribution >= 0.6 is 0 Å². The van der Waals surface area contributed by atoms with Gasteiger partial charge < -0.3 is 9.30 Å². The Morgan fingerprint density at radius 3 is 2.22 bits per heavy atom. The van der Waals surface area contributed by atoms with E-state index in [0.29, 0.717) is 5.56 Å². The summed E-state index contributed by atoms with van der Waals surface area (Å²) >= 11 is 0. The number of rotatable bonds is 6. The van der Waals surface area contributed by atoms with Crippen molar-refractivity contribution in [3.63, 3.8) is 0 Å². The van der Waals surface area contributed by atoms with Gasteiger partial charge in [-0.05, 0) is 32.8 Å². The van der Waals surface area contributed by atoms with Crippen LogP contribution in [0.3, 0.4) is 0 Å². The van der Waals surface area contributed by atoms with Gasteiger partial charge in [-0.3, -0.25) is 24.1 Å². The summed E-state index contributed by atoms with van der Waals surface area (Å²) in [6.07, 6.45) is 3.35. The Hall–Kier alpha value is -2.44. The lowest BCUT2D eigenvalue weighted by molar-refractivity contribution is -0.145. The molecule has 0 aromatic carbocycles. The molecule has 2 fully saturated rings. The zero-order valence-electron chi connectivity index (χ0n) is 16.1. The highest BCUT2D eigenvalue weighted by atomic mass is 16.5. The predicted octanol–water partition coefficient (Wildman–Crippen LogP) is 1.93. The summed E-state index contributed by atoms with van der Waals surface area (Å²) in [4.78, 5) is 50.2. The van der Waals surface area contributed by atoms with Gasteiger partial charge in [0.05, 0.1) is 18.3 Å². The lowest BCUT2D eigenvalue weighted by atomic mass is 9.81. The molecule has 1 saturated carbocycles. The van der Waals surface area contributed by atoms with Crippen molar-refractivity contribution in [2.45, 2.75) is 46.0 Å². The first-order valence-electron chi connectivity index (χ1n) is 9.48. The molecule has 1 aromatic rings. The zero-order valence-corrected chi connectivity index (χ0v) is 16.1. The second kappa shape index (κ2) is 7.66. The number of esters is 1. The minimum atomic E-state index is -0.580. The average Bonchev–Trinajstić information content (AvgIpc) is 3.06. The molecular weight excluding hydrogens is 348 g/mol. The van der Waals surface area contributed by atoms with Gasteiger partial charge in [0.1, 0.15) is 0 Å². The highest BCUT2D eigenvalue weighted by Gasteiger charge is 2.47.